The minimum Gasteiger partial charge on any atom is -0.339 e. The lowest BCUT2D eigenvalue weighted by Crippen LogP contribution is -2.13. The highest BCUT2D eigenvalue weighted by Crippen LogP contribution is 2.21. The number of halogens is 1. The Balaban J connectivity index is 1.88. The second-order valence-electron chi connectivity index (χ2n) is 4.39. The van der Waals surface area contributed by atoms with Gasteiger partial charge in [-0.2, -0.15) is 4.98 Å². The van der Waals surface area contributed by atoms with Crippen LogP contribution in [0.1, 0.15) is 18.6 Å². The molecule has 19 heavy (non-hydrogen) atoms. The summed E-state index contributed by atoms with van der Waals surface area (Å²) in [6, 6.07) is 6.34. The largest absolute Gasteiger partial charge is 0.339 e. The van der Waals surface area contributed by atoms with E-state index in [-0.39, 0.29) is 5.82 Å². The first-order valence-corrected chi connectivity index (χ1v) is 7.06. The van der Waals surface area contributed by atoms with E-state index in [2.05, 4.69) is 10.1 Å². The van der Waals surface area contributed by atoms with Crippen LogP contribution in [-0.2, 0) is 12.2 Å². The maximum atomic E-state index is 12.7. The molecule has 0 aliphatic carbocycles. The SMILES string of the molecule is CC(CN)Cc1nc(CSc2ccc(F)cc2)no1. The Kier molecular flexibility index (Phi) is 4.93. The van der Waals surface area contributed by atoms with Crippen molar-refractivity contribution in [2.24, 2.45) is 11.7 Å². The van der Waals surface area contributed by atoms with Crippen LogP contribution in [0, 0.1) is 11.7 Å². The molecule has 1 heterocycles. The fourth-order valence-corrected chi connectivity index (χ4v) is 2.23. The van der Waals surface area contributed by atoms with E-state index in [0.717, 1.165) is 4.90 Å². The van der Waals surface area contributed by atoms with Crippen molar-refractivity contribution >= 4 is 11.8 Å². The van der Waals surface area contributed by atoms with E-state index in [9.17, 15) is 4.39 Å². The van der Waals surface area contributed by atoms with Gasteiger partial charge in [-0.25, -0.2) is 4.39 Å². The number of rotatable bonds is 6. The van der Waals surface area contributed by atoms with Gasteiger partial charge in [0.05, 0.1) is 5.75 Å². The van der Waals surface area contributed by atoms with Crippen molar-refractivity contribution in [2.75, 3.05) is 6.54 Å². The van der Waals surface area contributed by atoms with E-state index >= 15 is 0 Å². The summed E-state index contributed by atoms with van der Waals surface area (Å²) in [5.41, 5.74) is 5.55. The van der Waals surface area contributed by atoms with Gasteiger partial charge in [0.1, 0.15) is 5.82 Å². The van der Waals surface area contributed by atoms with Crippen molar-refractivity contribution in [1.82, 2.24) is 10.1 Å². The number of nitrogens with zero attached hydrogens (tertiary/aromatic N) is 2. The molecule has 0 amide bonds. The molecule has 1 unspecified atom stereocenters. The minimum atomic E-state index is -0.234. The zero-order valence-electron chi connectivity index (χ0n) is 10.7. The molecule has 0 aliphatic rings. The monoisotopic (exact) mass is 281 g/mol. The fraction of sp³-hybridized carbons (Fsp3) is 0.385. The highest BCUT2D eigenvalue weighted by molar-refractivity contribution is 7.98. The van der Waals surface area contributed by atoms with Crippen LogP contribution in [-0.4, -0.2) is 16.7 Å². The van der Waals surface area contributed by atoms with Crippen molar-refractivity contribution in [2.45, 2.75) is 24.0 Å². The molecule has 1 aromatic heterocycles. The summed E-state index contributed by atoms with van der Waals surface area (Å²) < 4.78 is 17.9. The Labute approximate surface area is 115 Å². The Bertz CT molecular complexity index is 515. The average Bonchev–Trinajstić information content (AvgIpc) is 2.85. The fourth-order valence-electron chi connectivity index (χ4n) is 1.49. The third-order valence-corrected chi connectivity index (χ3v) is 3.63. The number of hydrogen-bond donors (Lipinski definition) is 1. The zero-order valence-corrected chi connectivity index (χ0v) is 11.5. The molecule has 0 bridgehead atoms. The van der Waals surface area contributed by atoms with Gasteiger partial charge >= 0.3 is 0 Å². The molecular formula is C13H16FN3OS. The lowest BCUT2D eigenvalue weighted by atomic mass is 10.1. The first kappa shape index (κ1) is 14.0. The highest BCUT2D eigenvalue weighted by atomic mass is 32.2. The summed E-state index contributed by atoms with van der Waals surface area (Å²) in [7, 11) is 0. The second kappa shape index (κ2) is 6.68. The van der Waals surface area contributed by atoms with E-state index in [0.29, 0.717) is 36.4 Å². The Hall–Kier alpha value is -1.40. The van der Waals surface area contributed by atoms with Gasteiger partial charge in [-0.05, 0) is 36.7 Å². The zero-order chi connectivity index (χ0) is 13.7. The van der Waals surface area contributed by atoms with Crippen molar-refractivity contribution < 1.29 is 8.91 Å². The number of benzene rings is 1. The van der Waals surface area contributed by atoms with Crippen LogP contribution in [0.15, 0.2) is 33.7 Å². The minimum absolute atomic E-state index is 0.234. The van der Waals surface area contributed by atoms with Crippen molar-refractivity contribution in [1.29, 1.82) is 0 Å². The van der Waals surface area contributed by atoms with E-state index in [1.807, 2.05) is 6.92 Å². The molecule has 4 nitrogen and oxygen atoms in total. The van der Waals surface area contributed by atoms with Crippen LogP contribution in [0.3, 0.4) is 0 Å². The van der Waals surface area contributed by atoms with Gasteiger partial charge in [0, 0.05) is 11.3 Å². The molecular weight excluding hydrogens is 265 g/mol. The first-order valence-electron chi connectivity index (χ1n) is 6.07. The number of thioether (sulfide) groups is 1. The lowest BCUT2D eigenvalue weighted by Gasteiger charge is -2.01. The van der Waals surface area contributed by atoms with E-state index in [1.165, 1.54) is 12.1 Å². The molecule has 2 rings (SSSR count). The van der Waals surface area contributed by atoms with Gasteiger partial charge in [0.2, 0.25) is 5.89 Å². The lowest BCUT2D eigenvalue weighted by molar-refractivity contribution is 0.356. The molecule has 1 atom stereocenters. The average molecular weight is 281 g/mol. The second-order valence-corrected chi connectivity index (χ2v) is 5.44. The Morgan fingerprint density at radius 2 is 2.11 bits per heavy atom. The number of hydrogen-bond acceptors (Lipinski definition) is 5. The molecule has 2 aromatic rings. The standard InChI is InChI=1S/C13H16FN3OS/c1-9(7-15)6-13-16-12(17-18-13)8-19-11-4-2-10(14)3-5-11/h2-5,9H,6-8,15H2,1H3. The molecule has 0 saturated carbocycles. The van der Waals surface area contributed by atoms with Gasteiger partial charge in [-0.3, -0.25) is 0 Å². The van der Waals surface area contributed by atoms with Crippen LogP contribution in [0.5, 0.6) is 0 Å². The molecule has 1 aromatic carbocycles. The van der Waals surface area contributed by atoms with Crippen molar-refractivity contribution in [3.05, 3.63) is 41.8 Å². The number of aromatic nitrogens is 2. The normalized spacial score (nSPS) is 12.6. The topological polar surface area (TPSA) is 64.9 Å². The van der Waals surface area contributed by atoms with Crippen LogP contribution >= 0.6 is 11.8 Å². The predicted octanol–water partition coefficient (Wildman–Crippen LogP) is 2.64. The smallest absolute Gasteiger partial charge is 0.226 e. The van der Waals surface area contributed by atoms with Gasteiger partial charge in [0.25, 0.3) is 0 Å². The first-order chi connectivity index (χ1) is 9.17. The van der Waals surface area contributed by atoms with Gasteiger partial charge < -0.3 is 10.3 Å². The molecule has 0 saturated heterocycles. The van der Waals surface area contributed by atoms with E-state index in [1.54, 1.807) is 23.9 Å². The van der Waals surface area contributed by atoms with E-state index < -0.39 is 0 Å². The summed E-state index contributed by atoms with van der Waals surface area (Å²) in [4.78, 5) is 5.28. The Morgan fingerprint density at radius 3 is 2.79 bits per heavy atom. The molecule has 0 fully saturated rings. The van der Waals surface area contributed by atoms with Gasteiger partial charge in [-0.1, -0.05) is 12.1 Å². The summed E-state index contributed by atoms with van der Waals surface area (Å²) >= 11 is 1.54. The van der Waals surface area contributed by atoms with Crippen LogP contribution < -0.4 is 5.73 Å². The van der Waals surface area contributed by atoms with Crippen LogP contribution in [0.4, 0.5) is 4.39 Å². The maximum absolute atomic E-state index is 12.7. The third-order valence-electron chi connectivity index (χ3n) is 2.62. The van der Waals surface area contributed by atoms with Gasteiger partial charge in [0.15, 0.2) is 5.82 Å². The number of nitrogens with two attached hydrogens (primary N) is 1. The molecule has 6 heteroatoms. The molecule has 102 valence electrons. The van der Waals surface area contributed by atoms with Gasteiger partial charge in [-0.15, -0.1) is 11.8 Å². The summed E-state index contributed by atoms with van der Waals surface area (Å²) in [6.45, 7) is 2.64. The van der Waals surface area contributed by atoms with Crippen LogP contribution in [0.25, 0.3) is 0 Å². The van der Waals surface area contributed by atoms with Crippen molar-refractivity contribution in [3.8, 4) is 0 Å². The summed E-state index contributed by atoms with van der Waals surface area (Å²) in [5.74, 6) is 1.97. The maximum Gasteiger partial charge on any atom is 0.226 e. The molecule has 0 aliphatic heterocycles. The quantitative estimate of drug-likeness (QED) is 0.825. The van der Waals surface area contributed by atoms with Crippen LogP contribution in [0.2, 0.25) is 0 Å². The molecule has 2 N–H and O–H groups in total. The third kappa shape index (κ3) is 4.33. The molecule has 0 radical (unpaired) electrons. The summed E-state index contributed by atoms with van der Waals surface area (Å²) in [6.07, 6.45) is 0.699. The Morgan fingerprint density at radius 1 is 1.37 bits per heavy atom. The summed E-state index contributed by atoms with van der Waals surface area (Å²) in [5, 5.41) is 3.91. The molecule has 0 spiro atoms. The highest BCUT2D eigenvalue weighted by Gasteiger charge is 2.10. The predicted molar refractivity (Wildman–Crippen MR) is 72.2 cm³/mol. The van der Waals surface area contributed by atoms with E-state index in [4.69, 9.17) is 10.3 Å². The van der Waals surface area contributed by atoms with Crippen molar-refractivity contribution in [3.63, 3.8) is 0 Å².